The molecule has 14 nitrogen and oxygen atoms in total. The van der Waals surface area contributed by atoms with E-state index in [0.29, 0.717) is 38.7 Å². The minimum atomic E-state index is -0.314. The highest BCUT2D eigenvalue weighted by Gasteiger charge is 2.08. The lowest BCUT2D eigenvalue weighted by Crippen LogP contribution is -2.06. The first-order chi connectivity index (χ1) is 34.8. The summed E-state index contributed by atoms with van der Waals surface area (Å²) < 4.78 is 14.0. The Morgan fingerprint density at radius 3 is 1.21 bits per heavy atom. The summed E-state index contributed by atoms with van der Waals surface area (Å²) in [6.45, 7) is 0. The molecule has 0 saturated heterocycles. The summed E-state index contributed by atoms with van der Waals surface area (Å²) in [5.74, 6) is -0.0110. The third-order valence-electron chi connectivity index (χ3n) is 11.3. The molecule has 0 aliphatic heterocycles. The van der Waals surface area contributed by atoms with Gasteiger partial charge in [-0.05, 0) is 70.8 Å². The number of benzene rings is 5. The van der Waals surface area contributed by atoms with Gasteiger partial charge in [-0.25, -0.2) is 9.59 Å². The summed E-state index contributed by atoms with van der Waals surface area (Å²) in [5, 5.41) is 19.0. The molecule has 0 saturated carbocycles. The monoisotopic (exact) mass is 930 g/mol. The quantitative estimate of drug-likeness (QED) is 0.131. The number of fused-ring (bicyclic) bond motifs is 13. The van der Waals surface area contributed by atoms with Crippen LogP contribution in [0.1, 0.15) is 0 Å². The van der Waals surface area contributed by atoms with E-state index >= 15 is 0 Å². The Morgan fingerprint density at radius 1 is 0.352 bits per heavy atom. The van der Waals surface area contributed by atoms with Gasteiger partial charge in [0.2, 0.25) is 0 Å². The van der Waals surface area contributed by atoms with Crippen LogP contribution >= 0.6 is 0 Å². The van der Waals surface area contributed by atoms with Crippen molar-refractivity contribution in [3.05, 3.63) is 261 Å². The van der Waals surface area contributed by atoms with Crippen LogP contribution in [-0.2, 0) is 0 Å². The average Bonchev–Trinajstić information content (AvgIpc) is 3.42. The lowest BCUT2D eigenvalue weighted by molar-refractivity contribution is -0.266. The van der Waals surface area contributed by atoms with Gasteiger partial charge in [0.05, 0.1) is 16.3 Å². The Balaban J connectivity index is 0.000000103. The zero-order valence-corrected chi connectivity index (χ0v) is 37.3. The molecular formula is C57H36N7O7-. The third-order valence-corrected chi connectivity index (χ3v) is 11.3. The van der Waals surface area contributed by atoms with Gasteiger partial charge in [-0.3, -0.25) is 24.5 Å². The predicted molar refractivity (Wildman–Crippen MR) is 275 cm³/mol. The van der Waals surface area contributed by atoms with Crippen LogP contribution in [0.25, 0.3) is 87.5 Å². The van der Waals surface area contributed by atoms with Gasteiger partial charge in [0.15, 0.2) is 11.2 Å². The number of hydrogen-bond acceptors (Lipinski definition) is 12. The lowest BCUT2D eigenvalue weighted by Gasteiger charge is -2.06. The number of para-hydroxylation sites is 1. The van der Waals surface area contributed by atoms with Crippen LogP contribution in [-0.4, -0.2) is 33.7 Å². The Morgan fingerprint density at radius 2 is 0.732 bits per heavy atom. The van der Waals surface area contributed by atoms with Crippen molar-refractivity contribution in [3.63, 3.8) is 0 Å². The van der Waals surface area contributed by atoms with Gasteiger partial charge in [-0.15, -0.1) is 0 Å². The summed E-state index contributed by atoms with van der Waals surface area (Å²) in [6.07, 6.45) is 12.3. The number of nitrogens with zero attached hydrogens (tertiary/aromatic N) is 7. The lowest BCUT2D eigenvalue weighted by atomic mass is 10.1. The molecule has 0 amide bonds. The molecule has 9 aromatic heterocycles. The first kappa shape index (κ1) is 44.6. The standard InChI is InChI=1S/2C12H8N2O.2C12H7NO2.C9H7NO/c2*15-11-6-8-14-7-5-9-3-1-2-4-10(9)12(14)13-11;2*14-12-9-5-2-1-4-8(9)11-10(15-12)6-3-7-13-11;11-8-5-1-3-7-4-2-6-10-9(7)8/h2*1-8H;2*1-7H;1-6,11H/p-1. The summed E-state index contributed by atoms with van der Waals surface area (Å²) in [5.41, 5.74) is 3.45. The zero-order chi connectivity index (χ0) is 48.7. The van der Waals surface area contributed by atoms with Crippen LogP contribution in [0.15, 0.2) is 247 Å². The van der Waals surface area contributed by atoms with E-state index < -0.39 is 0 Å². The molecule has 0 radical (unpaired) electrons. The van der Waals surface area contributed by atoms with E-state index in [1.807, 2.05) is 136 Å². The fourth-order valence-electron chi connectivity index (χ4n) is 7.95. The van der Waals surface area contributed by atoms with Crippen LogP contribution in [0.3, 0.4) is 0 Å². The Kier molecular flexibility index (Phi) is 12.5. The maximum Gasteiger partial charge on any atom is 0.344 e. The first-order valence-corrected chi connectivity index (χ1v) is 22.1. The second-order valence-electron chi connectivity index (χ2n) is 15.7. The van der Waals surface area contributed by atoms with Crippen molar-refractivity contribution in [3.8, 4) is 5.75 Å². The molecule has 14 aromatic rings. The maximum atomic E-state index is 11.6. The van der Waals surface area contributed by atoms with E-state index in [0.717, 1.165) is 48.7 Å². The number of pyridine rings is 5. The Bertz CT molecular complexity index is 4240. The molecule has 0 atom stereocenters. The smallest absolute Gasteiger partial charge is 0.344 e. The molecule has 0 aliphatic carbocycles. The minimum absolute atomic E-state index is 0.0110. The summed E-state index contributed by atoms with van der Waals surface area (Å²) in [7, 11) is 0. The minimum Gasteiger partial charge on any atom is -0.871 e. The van der Waals surface area contributed by atoms with Gasteiger partial charge in [-0.2, -0.15) is 9.97 Å². The van der Waals surface area contributed by atoms with Crippen LogP contribution in [0.5, 0.6) is 5.75 Å². The van der Waals surface area contributed by atoms with E-state index in [1.54, 1.807) is 73.4 Å². The molecular weight excluding hydrogens is 895 g/mol. The fourth-order valence-corrected chi connectivity index (χ4v) is 7.95. The van der Waals surface area contributed by atoms with Gasteiger partial charge >= 0.3 is 11.3 Å². The van der Waals surface area contributed by atoms with Crippen molar-refractivity contribution in [2.45, 2.75) is 0 Å². The Labute approximate surface area is 400 Å². The van der Waals surface area contributed by atoms with Gasteiger partial charge in [0, 0.05) is 77.1 Å². The second kappa shape index (κ2) is 19.9. The third kappa shape index (κ3) is 9.52. The molecule has 14 rings (SSSR count). The highest BCUT2D eigenvalue weighted by atomic mass is 16.4. The molecule has 71 heavy (non-hydrogen) atoms. The van der Waals surface area contributed by atoms with Crippen molar-refractivity contribution >= 4 is 87.5 Å². The molecule has 0 aliphatic rings. The SMILES string of the molecule is O=c1ccn2ccc3ccccc3c2n1.O=c1ccn2ccc3ccccc3c2n1.O=c1oc2cccnc2c2ccccc12.O=c1oc2cccnc2c2ccccc12.[O-]c1cccc2cccnc12. The van der Waals surface area contributed by atoms with Crippen molar-refractivity contribution in [1.29, 1.82) is 0 Å². The van der Waals surface area contributed by atoms with Gasteiger partial charge in [-0.1, -0.05) is 115 Å². The highest BCUT2D eigenvalue weighted by Crippen LogP contribution is 2.22. The van der Waals surface area contributed by atoms with E-state index in [2.05, 4.69) is 24.9 Å². The van der Waals surface area contributed by atoms with Crippen molar-refractivity contribution < 1.29 is 13.9 Å². The average molecular weight is 931 g/mol. The fraction of sp³-hybridized carbons (Fsp3) is 0. The van der Waals surface area contributed by atoms with Gasteiger partial charge in [0.25, 0.3) is 11.1 Å². The van der Waals surface area contributed by atoms with Gasteiger partial charge < -0.3 is 22.7 Å². The summed E-state index contributed by atoms with van der Waals surface area (Å²) in [6, 6.07) is 53.2. The molecule has 9 heterocycles. The van der Waals surface area contributed by atoms with Crippen molar-refractivity contribution in [2.24, 2.45) is 0 Å². The van der Waals surface area contributed by atoms with E-state index in [4.69, 9.17) is 8.83 Å². The molecule has 342 valence electrons. The maximum absolute atomic E-state index is 11.6. The molecule has 0 unspecified atom stereocenters. The van der Waals surface area contributed by atoms with Crippen LogP contribution < -0.4 is 27.5 Å². The number of aromatic nitrogens is 7. The molecule has 0 spiro atoms. The topological polar surface area (TPSA) is 191 Å². The van der Waals surface area contributed by atoms with Gasteiger partial charge in [0.1, 0.15) is 22.3 Å². The largest absolute Gasteiger partial charge is 0.871 e. The molecule has 0 fully saturated rings. The molecule has 0 N–H and O–H groups in total. The molecule has 0 bridgehead atoms. The summed E-state index contributed by atoms with van der Waals surface area (Å²) >= 11 is 0. The highest BCUT2D eigenvalue weighted by molar-refractivity contribution is 6.02. The van der Waals surface area contributed by atoms with Crippen LogP contribution in [0, 0.1) is 0 Å². The second-order valence-corrected chi connectivity index (χ2v) is 15.7. The molecule has 5 aromatic carbocycles. The normalized spacial score (nSPS) is 10.8. The predicted octanol–water partition coefficient (Wildman–Crippen LogP) is 9.69. The van der Waals surface area contributed by atoms with Crippen LogP contribution in [0.4, 0.5) is 0 Å². The molecule has 14 heteroatoms. The van der Waals surface area contributed by atoms with E-state index in [9.17, 15) is 24.3 Å². The first-order valence-electron chi connectivity index (χ1n) is 22.1. The van der Waals surface area contributed by atoms with E-state index in [1.165, 1.54) is 18.2 Å². The van der Waals surface area contributed by atoms with Crippen LogP contribution in [0.2, 0.25) is 0 Å². The summed E-state index contributed by atoms with van der Waals surface area (Å²) in [4.78, 5) is 66.0. The van der Waals surface area contributed by atoms with E-state index in [-0.39, 0.29) is 28.1 Å². The number of hydrogen-bond donors (Lipinski definition) is 0. The Hall–Kier alpha value is -10.2. The number of rotatable bonds is 0. The van der Waals surface area contributed by atoms with Crippen molar-refractivity contribution in [2.75, 3.05) is 0 Å². The van der Waals surface area contributed by atoms with Crippen molar-refractivity contribution in [1.82, 2.24) is 33.7 Å². The zero-order valence-electron chi connectivity index (χ0n) is 37.3.